The van der Waals surface area contributed by atoms with Crippen molar-refractivity contribution in [3.05, 3.63) is 83.2 Å². The number of hydrogen-bond donors (Lipinski definition) is 2. The van der Waals surface area contributed by atoms with E-state index in [2.05, 4.69) is 26.9 Å². The average Bonchev–Trinajstić information content (AvgIpc) is 2.61. The summed E-state index contributed by atoms with van der Waals surface area (Å²) in [5, 5.41) is 13.9. The molecule has 0 bridgehead atoms. The number of halogens is 1. The Morgan fingerprint density at radius 2 is 1.69 bits per heavy atom. The van der Waals surface area contributed by atoms with Crippen molar-refractivity contribution in [3.8, 4) is 0 Å². The molecule has 0 saturated carbocycles. The van der Waals surface area contributed by atoms with Crippen molar-refractivity contribution < 1.29 is 9.18 Å². The number of nitrogens with zero attached hydrogens (tertiary/aromatic N) is 2. The van der Waals surface area contributed by atoms with Crippen LogP contribution in [0.2, 0.25) is 0 Å². The first-order valence-corrected chi connectivity index (χ1v) is 8.26. The predicted molar refractivity (Wildman–Crippen MR) is 99.3 cm³/mol. The number of carbonyl (C=O) groups is 1. The van der Waals surface area contributed by atoms with Gasteiger partial charge in [0.1, 0.15) is 11.6 Å². The van der Waals surface area contributed by atoms with Crippen LogP contribution in [0.1, 0.15) is 16.7 Å². The van der Waals surface area contributed by atoms with Gasteiger partial charge in [0.2, 0.25) is 5.91 Å². The summed E-state index contributed by atoms with van der Waals surface area (Å²) >= 11 is 0. The Labute approximate surface area is 151 Å². The molecule has 1 aromatic heterocycles. The van der Waals surface area contributed by atoms with Crippen LogP contribution >= 0.6 is 0 Å². The summed E-state index contributed by atoms with van der Waals surface area (Å²) in [5.74, 6) is 0.339. The molecule has 0 atom stereocenters. The highest BCUT2D eigenvalue weighted by atomic mass is 19.1. The molecule has 0 unspecified atom stereocenters. The van der Waals surface area contributed by atoms with Crippen molar-refractivity contribution in [1.29, 1.82) is 0 Å². The smallest absolute Gasteiger partial charge is 0.229 e. The molecule has 132 valence electrons. The molecule has 2 aromatic carbocycles. The van der Waals surface area contributed by atoms with Crippen LogP contribution in [0.3, 0.4) is 0 Å². The minimum atomic E-state index is -0.362. The number of anilines is 2. The van der Waals surface area contributed by atoms with Gasteiger partial charge in [-0.2, -0.15) is 0 Å². The number of aromatic nitrogens is 2. The number of rotatable bonds is 6. The van der Waals surface area contributed by atoms with Crippen LogP contribution in [0.25, 0.3) is 0 Å². The van der Waals surface area contributed by atoms with E-state index in [4.69, 9.17) is 0 Å². The van der Waals surface area contributed by atoms with Gasteiger partial charge in [-0.25, -0.2) is 4.39 Å². The fourth-order valence-electron chi connectivity index (χ4n) is 2.53. The maximum atomic E-state index is 13.1. The zero-order valence-corrected chi connectivity index (χ0v) is 14.4. The number of aryl methyl sites for hydroxylation is 1. The summed E-state index contributed by atoms with van der Waals surface area (Å²) in [4.78, 5) is 12.0. The van der Waals surface area contributed by atoms with E-state index >= 15 is 0 Å². The molecule has 26 heavy (non-hydrogen) atoms. The Hall–Kier alpha value is -3.28. The second-order valence-electron chi connectivity index (χ2n) is 6.00. The highest BCUT2D eigenvalue weighted by Crippen LogP contribution is 2.10. The standard InChI is InChI=1S/C20H19FN4O/c1-14-4-2-6-16(10-14)13-22-18-8-9-19(25-24-18)23-20(26)12-15-5-3-7-17(21)11-15/h2-11H,12-13H2,1H3,(H,22,24)(H,23,25,26). The van der Waals surface area contributed by atoms with Gasteiger partial charge in [0.25, 0.3) is 0 Å². The van der Waals surface area contributed by atoms with Crippen LogP contribution in [0, 0.1) is 12.7 Å². The average molecular weight is 350 g/mol. The first-order valence-electron chi connectivity index (χ1n) is 8.26. The molecule has 1 heterocycles. The SMILES string of the molecule is Cc1cccc(CNc2ccc(NC(=O)Cc3cccc(F)c3)nn2)c1. The van der Waals surface area contributed by atoms with Crippen molar-refractivity contribution >= 4 is 17.5 Å². The van der Waals surface area contributed by atoms with E-state index in [9.17, 15) is 9.18 Å². The second kappa shape index (κ2) is 8.20. The van der Waals surface area contributed by atoms with Gasteiger partial charge >= 0.3 is 0 Å². The number of nitrogens with one attached hydrogen (secondary N) is 2. The lowest BCUT2D eigenvalue weighted by atomic mass is 10.1. The Bertz CT molecular complexity index is 896. The fraction of sp³-hybridized carbons (Fsp3) is 0.150. The van der Waals surface area contributed by atoms with E-state index in [0.717, 1.165) is 5.56 Å². The summed E-state index contributed by atoms with van der Waals surface area (Å²) < 4.78 is 13.1. The van der Waals surface area contributed by atoms with E-state index in [1.807, 2.05) is 25.1 Å². The van der Waals surface area contributed by atoms with Crippen LogP contribution in [0.5, 0.6) is 0 Å². The zero-order chi connectivity index (χ0) is 18.4. The van der Waals surface area contributed by atoms with Crippen molar-refractivity contribution in [2.75, 3.05) is 10.6 Å². The minimum absolute atomic E-state index is 0.0762. The Kier molecular flexibility index (Phi) is 5.53. The molecule has 0 saturated heterocycles. The first-order chi connectivity index (χ1) is 12.6. The normalized spacial score (nSPS) is 10.4. The predicted octanol–water partition coefficient (Wildman–Crippen LogP) is 3.72. The van der Waals surface area contributed by atoms with E-state index < -0.39 is 0 Å². The maximum Gasteiger partial charge on any atom is 0.229 e. The summed E-state index contributed by atoms with van der Waals surface area (Å²) in [6, 6.07) is 17.6. The van der Waals surface area contributed by atoms with Crippen molar-refractivity contribution in [2.45, 2.75) is 19.9 Å². The monoisotopic (exact) mass is 350 g/mol. The largest absolute Gasteiger partial charge is 0.365 e. The van der Waals surface area contributed by atoms with E-state index in [1.165, 1.54) is 17.7 Å². The molecule has 0 aliphatic rings. The van der Waals surface area contributed by atoms with Gasteiger partial charge in [0, 0.05) is 6.54 Å². The molecular formula is C20H19FN4O. The second-order valence-corrected chi connectivity index (χ2v) is 6.00. The topological polar surface area (TPSA) is 66.9 Å². The van der Waals surface area contributed by atoms with E-state index in [-0.39, 0.29) is 18.1 Å². The third-order valence-electron chi connectivity index (χ3n) is 3.74. The molecule has 0 radical (unpaired) electrons. The lowest BCUT2D eigenvalue weighted by Gasteiger charge is -2.07. The molecule has 5 nitrogen and oxygen atoms in total. The van der Waals surface area contributed by atoms with Crippen LogP contribution in [0.4, 0.5) is 16.0 Å². The lowest BCUT2D eigenvalue weighted by Crippen LogP contribution is -2.16. The minimum Gasteiger partial charge on any atom is -0.365 e. The third-order valence-corrected chi connectivity index (χ3v) is 3.74. The van der Waals surface area contributed by atoms with Gasteiger partial charge in [0.05, 0.1) is 6.42 Å². The van der Waals surface area contributed by atoms with Gasteiger partial charge in [-0.1, -0.05) is 42.0 Å². The van der Waals surface area contributed by atoms with Crippen molar-refractivity contribution in [2.24, 2.45) is 0 Å². The van der Waals surface area contributed by atoms with Crippen LogP contribution in [0.15, 0.2) is 60.7 Å². The third kappa shape index (κ3) is 5.11. The van der Waals surface area contributed by atoms with Crippen molar-refractivity contribution in [3.63, 3.8) is 0 Å². The quantitative estimate of drug-likeness (QED) is 0.711. The highest BCUT2D eigenvalue weighted by molar-refractivity contribution is 5.91. The molecule has 0 spiro atoms. The molecule has 0 fully saturated rings. The first kappa shape index (κ1) is 17.5. The van der Waals surface area contributed by atoms with Gasteiger partial charge in [0.15, 0.2) is 5.82 Å². The Morgan fingerprint density at radius 1 is 0.962 bits per heavy atom. The lowest BCUT2D eigenvalue weighted by molar-refractivity contribution is -0.115. The highest BCUT2D eigenvalue weighted by Gasteiger charge is 2.06. The molecule has 3 aromatic rings. The fourth-order valence-corrected chi connectivity index (χ4v) is 2.53. The Balaban J connectivity index is 1.53. The van der Waals surface area contributed by atoms with Gasteiger partial charge < -0.3 is 10.6 Å². The van der Waals surface area contributed by atoms with Crippen LogP contribution < -0.4 is 10.6 Å². The van der Waals surface area contributed by atoms with Gasteiger partial charge in [-0.3, -0.25) is 4.79 Å². The molecule has 0 aliphatic carbocycles. The number of hydrogen-bond acceptors (Lipinski definition) is 4. The zero-order valence-electron chi connectivity index (χ0n) is 14.4. The van der Waals surface area contributed by atoms with E-state index in [1.54, 1.807) is 24.3 Å². The Morgan fingerprint density at radius 3 is 2.42 bits per heavy atom. The molecule has 2 N–H and O–H groups in total. The number of benzene rings is 2. The van der Waals surface area contributed by atoms with Crippen LogP contribution in [-0.2, 0) is 17.8 Å². The summed E-state index contributed by atoms with van der Waals surface area (Å²) in [7, 11) is 0. The molecular weight excluding hydrogens is 331 g/mol. The summed E-state index contributed by atoms with van der Waals surface area (Å²) in [6.07, 6.45) is 0.0762. The molecule has 0 aliphatic heterocycles. The molecule has 6 heteroatoms. The maximum absolute atomic E-state index is 13.1. The molecule has 1 amide bonds. The summed E-state index contributed by atoms with van der Waals surface area (Å²) in [5.41, 5.74) is 2.96. The van der Waals surface area contributed by atoms with Gasteiger partial charge in [-0.05, 0) is 42.3 Å². The molecule has 3 rings (SSSR count). The van der Waals surface area contributed by atoms with Gasteiger partial charge in [-0.15, -0.1) is 10.2 Å². The summed E-state index contributed by atoms with van der Waals surface area (Å²) in [6.45, 7) is 2.69. The van der Waals surface area contributed by atoms with E-state index in [0.29, 0.717) is 23.7 Å². The number of carbonyl (C=O) groups excluding carboxylic acids is 1. The number of amides is 1. The van der Waals surface area contributed by atoms with Crippen LogP contribution in [-0.4, -0.2) is 16.1 Å². The van der Waals surface area contributed by atoms with Crippen molar-refractivity contribution in [1.82, 2.24) is 10.2 Å².